The summed E-state index contributed by atoms with van der Waals surface area (Å²) in [7, 11) is 0. The van der Waals surface area contributed by atoms with Crippen LogP contribution in [0.5, 0.6) is 0 Å². The number of carbonyl (C=O) groups excluding carboxylic acids is 1. The number of halogens is 5. The van der Waals surface area contributed by atoms with Crippen LogP contribution in [0.4, 0.5) is 43.9 Å². The fraction of sp³-hybridized carbons (Fsp3) is 0.214. The van der Waals surface area contributed by atoms with E-state index in [1.807, 2.05) is 5.32 Å². The Morgan fingerprint density at radius 1 is 1.00 bits per heavy atom. The quantitative estimate of drug-likeness (QED) is 0.216. The molecule has 6 rings (SSSR count). The van der Waals surface area contributed by atoms with Gasteiger partial charge in [-0.25, -0.2) is 28.1 Å². The molecule has 44 heavy (non-hydrogen) atoms. The monoisotopic (exact) mass is 614 g/mol. The molecule has 0 atom stereocenters. The lowest BCUT2D eigenvalue weighted by molar-refractivity contribution is -0.137. The molecule has 0 bridgehead atoms. The summed E-state index contributed by atoms with van der Waals surface area (Å²) in [4.78, 5) is 22.8. The van der Waals surface area contributed by atoms with Gasteiger partial charge in [-0.05, 0) is 35.9 Å². The zero-order valence-corrected chi connectivity index (χ0v) is 22.7. The first-order valence-electron chi connectivity index (χ1n) is 13.2. The Morgan fingerprint density at radius 2 is 1.77 bits per heavy atom. The Balaban J connectivity index is 1.36. The molecule has 2 amide bonds. The lowest BCUT2D eigenvalue weighted by Gasteiger charge is -2.26. The van der Waals surface area contributed by atoms with Crippen molar-refractivity contribution in [3.8, 4) is 22.5 Å². The molecular weight excluding hydrogens is 591 g/mol. The first kappa shape index (κ1) is 29.0. The number of hydrogen-bond acceptors (Lipinski definition) is 8. The van der Waals surface area contributed by atoms with Crippen molar-refractivity contribution < 1.29 is 35.9 Å². The van der Waals surface area contributed by atoms with Gasteiger partial charge in [-0.3, -0.25) is 4.90 Å². The second-order valence-electron chi connectivity index (χ2n) is 9.82. The van der Waals surface area contributed by atoms with E-state index in [2.05, 4.69) is 25.3 Å². The predicted octanol–water partition coefficient (Wildman–Crippen LogP) is 5.41. The van der Waals surface area contributed by atoms with Gasteiger partial charge in [-0.15, -0.1) is 0 Å². The summed E-state index contributed by atoms with van der Waals surface area (Å²) in [6, 6.07) is 4.30. The highest BCUT2D eigenvalue weighted by atomic mass is 19.4. The summed E-state index contributed by atoms with van der Waals surface area (Å²) in [6.45, 7) is 2.86. The molecule has 0 saturated carbocycles. The lowest BCUT2D eigenvalue weighted by Crippen LogP contribution is -2.36. The van der Waals surface area contributed by atoms with E-state index in [-0.39, 0.29) is 11.5 Å². The highest BCUT2D eigenvalue weighted by molar-refractivity contribution is 6.01. The minimum absolute atomic E-state index is 0.120. The van der Waals surface area contributed by atoms with E-state index in [0.29, 0.717) is 84.7 Å². The number of amides is 2. The van der Waals surface area contributed by atoms with Crippen LogP contribution in [0.3, 0.4) is 0 Å². The van der Waals surface area contributed by atoms with Crippen molar-refractivity contribution >= 4 is 28.7 Å². The molecule has 11 nitrogen and oxygen atoms in total. The maximum atomic E-state index is 15.5. The van der Waals surface area contributed by atoms with Gasteiger partial charge in [0.15, 0.2) is 18.0 Å². The molecule has 0 radical (unpaired) electrons. The van der Waals surface area contributed by atoms with Gasteiger partial charge in [0.1, 0.15) is 23.5 Å². The van der Waals surface area contributed by atoms with Crippen LogP contribution in [0.2, 0.25) is 0 Å². The van der Waals surface area contributed by atoms with Crippen molar-refractivity contribution in [2.45, 2.75) is 12.7 Å². The Bertz CT molecular complexity index is 1840. The average molecular weight is 615 g/mol. The van der Waals surface area contributed by atoms with E-state index in [9.17, 15) is 22.4 Å². The van der Waals surface area contributed by atoms with Crippen LogP contribution in [0.25, 0.3) is 28.0 Å². The number of ether oxygens (including phenoxy) is 1. The topological polar surface area (TPSA) is 136 Å². The van der Waals surface area contributed by atoms with Gasteiger partial charge >= 0.3 is 12.2 Å². The molecule has 4 heterocycles. The number of morpholine rings is 1. The second-order valence-corrected chi connectivity index (χ2v) is 9.82. The highest BCUT2D eigenvalue weighted by Crippen LogP contribution is 2.42. The van der Waals surface area contributed by atoms with E-state index >= 15 is 4.39 Å². The Kier molecular flexibility index (Phi) is 7.60. The second kappa shape index (κ2) is 11.5. The van der Waals surface area contributed by atoms with Crippen LogP contribution in [0, 0.1) is 11.6 Å². The molecule has 16 heteroatoms. The molecule has 5 aromatic rings. The van der Waals surface area contributed by atoms with Gasteiger partial charge < -0.3 is 25.5 Å². The SMILES string of the molecule is Nc1ncnn2c(CN3CCOCC3)c(-c3cnco3)c(-c3ccc(NC(=O)Nc4cc(C(F)(F)F)ccc4F)c(F)c3)c12. The van der Waals surface area contributed by atoms with E-state index < -0.39 is 35.1 Å². The number of nitrogens with zero attached hydrogens (tertiary/aromatic N) is 5. The minimum Gasteiger partial charge on any atom is -0.443 e. The summed E-state index contributed by atoms with van der Waals surface area (Å²) in [5.41, 5.74) is 6.51. The number of rotatable bonds is 6. The number of alkyl halides is 3. The number of fused-ring (bicyclic) bond motifs is 1. The van der Waals surface area contributed by atoms with E-state index in [1.54, 1.807) is 4.52 Å². The number of oxazole rings is 1. The average Bonchev–Trinajstić information content (AvgIpc) is 3.63. The van der Waals surface area contributed by atoms with E-state index in [1.165, 1.54) is 31.1 Å². The molecular formula is C28H23F5N8O3. The van der Waals surface area contributed by atoms with Crippen LogP contribution in [0.1, 0.15) is 11.3 Å². The summed E-state index contributed by atoms with van der Waals surface area (Å²) in [6.07, 6.45) is -0.686. The van der Waals surface area contributed by atoms with Crippen LogP contribution < -0.4 is 16.4 Å². The summed E-state index contributed by atoms with van der Waals surface area (Å²) >= 11 is 0. The highest BCUT2D eigenvalue weighted by Gasteiger charge is 2.32. The van der Waals surface area contributed by atoms with Crippen molar-refractivity contribution in [3.05, 3.63) is 78.2 Å². The molecule has 228 valence electrons. The molecule has 3 aromatic heterocycles. The molecule has 1 aliphatic heterocycles. The first-order chi connectivity index (χ1) is 21.1. The van der Waals surface area contributed by atoms with E-state index in [0.717, 1.165) is 6.07 Å². The number of nitrogen functional groups attached to an aromatic ring is 1. The molecule has 1 fully saturated rings. The summed E-state index contributed by atoms with van der Waals surface area (Å²) < 4.78 is 81.5. The smallest absolute Gasteiger partial charge is 0.416 e. The number of urea groups is 1. The number of nitrogens with two attached hydrogens (primary N) is 1. The fourth-order valence-corrected chi connectivity index (χ4v) is 5.02. The maximum Gasteiger partial charge on any atom is 0.416 e. The predicted molar refractivity (Wildman–Crippen MR) is 148 cm³/mol. The third kappa shape index (κ3) is 5.63. The molecule has 0 unspecified atom stereocenters. The third-order valence-corrected chi connectivity index (χ3v) is 7.05. The Labute approximate surface area is 245 Å². The van der Waals surface area contributed by atoms with Crippen LogP contribution in [0.15, 0.2) is 59.7 Å². The molecule has 1 saturated heterocycles. The van der Waals surface area contributed by atoms with Gasteiger partial charge in [0.25, 0.3) is 0 Å². The number of aromatic nitrogens is 4. The van der Waals surface area contributed by atoms with E-state index in [4.69, 9.17) is 14.9 Å². The summed E-state index contributed by atoms with van der Waals surface area (Å²) in [5, 5.41) is 8.60. The molecule has 1 aliphatic rings. The minimum atomic E-state index is -4.76. The number of anilines is 3. The Morgan fingerprint density at radius 3 is 2.48 bits per heavy atom. The van der Waals surface area contributed by atoms with Crippen molar-refractivity contribution in [2.24, 2.45) is 0 Å². The Hall–Kier alpha value is -5.09. The molecule has 0 aliphatic carbocycles. The fourth-order valence-electron chi connectivity index (χ4n) is 5.02. The maximum absolute atomic E-state index is 15.5. The largest absolute Gasteiger partial charge is 0.443 e. The van der Waals surface area contributed by atoms with Crippen molar-refractivity contribution in [1.82, 2.24) is 24.5 Å². The van der Waals surface area contributed by atoms with Gasteiger partial charge in [0.05, 0.1) is 47.6 Å². The normalized spacial score (nSPS) is 14.2. The number of carbonyl (C=O) groups is 1. The van der Waals surface area contributed by atoms with Crippen molar-refractivity contribution in [1.29, 1.82) is 0 Å². The summed E-state index contributed by atoms with van der Waals surface area (Å²) in [5.74, 6) is -1.50. The third-order valence-electron chi connectivity index (χ3n) is 7.05. The van der Waals surface area contributed by atoms with Crippen LogP contribution in [-0.4, -0.2) is 56.8 Å². The van der Waals surface area contributed by atoms with Gasteiger partial charge in [-0.1, -0.05) is 6.07 Å². The zero-order chi connectivity index (χ0) is 31.0. The number of hydrogen-bond donors (Lipinski definition) is 3. The van der Waals surface area contributed by atoms with Crippen LogP contribution in [-0.2, 0) is 17.5 Å². The number of nitrogens with one attached hydrogen (secondary N) is 2. The van der Waals surface area contributed by atoms with Gasteiger partial charge in [-0.2, -0.15) is 18.3 Å². The van der Waals surface area contributed by atoms with Gasteiger partial charge in [0.2, 0.25) is 0 Å². The van der Waals surface area contributed by atoms with Gasteiger partial charge in [0, 0.05) is 25.2 Å². The van der Waals surface area contributed by atoms with Crippen molar-refractivity contribution in [3.63, 3.8) is 0 Å². The number of benzene rings is 2. The van der Waals surface area contributed by atoms with Crippen LogP contribution >= 0.6 is 0 Å². The molecule has 0 spiro atoms. The molecule has 4 N–H and O–H groups in total. The van der Waals surface area contributed by atoms with Crippen molar-refractivity contribution in [2.75, 3.05) is 42.7 Å². The first-order valence-corrected chi connectivity index (χ1v) is 13.2. The lowest BCUT2D eigenvalue weighted by atomic mass is 9.98. The standard InChI is InChI=1S/C28H23F5N8O3/c29-17-3-2-16(28(31,32)33)10-20(17)39-27(42)38-19-4-1-15(9-18(19)30)23-24(22-11-35-14-44-22)21(12-40-5-7-43-8-6-40)41-25(23)26(34)36-13-37-41/h1-4,9-11,13-14H,5-8,12H2,(H2,34,36,37)(H2,38,39,42). The zero-order valence-electron chi connectivity index (χ0n) is 22.7. The molecule has 2 aromatic carbocycles.